The van der Waals surface area contributed by atoms with Gasteiger partial charge < -0.3 is 8.83 Å². The third-order valence-corrected chi connectivity index (χ3v) is 6.34. The van der Waals surface area contributed by atoms with Gasteiger partial charge in [-0.3, -0.25) is 0 Å². The summed E-state index contributed by atoms with van der Waals surface area (Å²) in [6.45, 7) is 4.00. The molecule has 0 amide bonds. The van der Waals surface area contributed by atoms with Crippen molar-refractivity contribution in [3.63, 3.8) is 0 Å². The number of aromatic nitrogens is 2. The van der Waals surface area contributed by atoms with Crippen LogP contribution in [-0.2, 0) is 0 Å². The molecular formula is C34H26N2O2. The fourth-order valence-electron chi connectivity index (χ4n) is 4.53. The zero-order chi connectivity index (χ0) is 25.9. The summed E-state index contributed by atoms with van der Waals surface area (Å²) >= 11 is 0. The Balaban J connectivity index is 0.00000129. The minimum absolute atomic E-state index is 0.625. The van der Waals surface area contributed by atoms with Crippen molar-refractivity contribution in [2.75, 3.05) is 0 Å². The largest absolute Gasteiger partial charge is 0.436 e. The van der Waals surface area contributed by atoms with Crippen molar-refractivity contribution in [2.24, 2.45) is 0 Å². The van der Waals surface area contributed by atoms with E-state index in [0.29, 0.717) is 11.8 Å². The predicted molar refractivity (Wildman–Crippen MR) is 155 cm³/mol. The van der Waals surface area contributed by atoms with E-state index in [4.69, 9.17) is 8.83 Å². The molecule has 2 aromatic heterocycles. The number of fused-ring (bicyclic) bond motifs is 2. The van der Waals surface area contributed by atoms with Gasteiger partial charge >= 0.3 is 0 Å². The van der Waals surface area contributed by atoms with Gasteiger partial charge in [0.25, 0.3) is 0 Å². The number of nitrogens with zero attached hydrogens (tertiary/aromatic N) is 2. The molecule has 5 aromatic carbocycles. The van der Waals surface area contributed by atoms with Crippen molar-refractivity contribution >= 4 is 22.2 Å². The lowest BCUT2D eigenvalue weighted by Crippen LogP contribution is -1.85. The molecule has 0 aliphatic heterocycles. The lowest BCUT2D eigenvalue weighted by molar-refractivity contribution is 0.619. The minimum atomic E-state index is 0.625. The van der Waals surface area contributed by atoms with E-state index >= 15 is 0 Å². The Hall–Kier alpha value is -4.96. The molecule has 0 saturated heterocycles. The molecule has 0 spiro atoms. The molecular weight excluding hydrogens is 468 g/mol. The van der Waals surface area contributed by atoms with E-state index in [1.54, 1.807) is 0 Å². The second kappa shape index (κ2) is 10.2. The number of hydrogen-bond acceptors (Lipinski definition) is 4. The molecule has 0 bridgehead atoms. The molecule has 0 unspecified atom stereocenters. The SMILES string of the molecule is CC.c1cc(-c2cccc(-c3nc4ccccc4o3)c2)cc(-c2cccc(-c3nc4ccccc4o3)c2)c1. The van der Waals surface area contributed by atoms with Crippen molar-refractivity contribution in [1.82, 2.24) is 9.97 Å². The highest BCUT2D eigenvalue weighted by Gasteiger charge is 2.11. The molecule has 7 rings (SSSR count). The Morgan fingerprint density at radius 2 is 0.737 bits per heavy atom. The summed E-state index contributed by atoms with van der Waals surface area (Å²) in [5.74, 6) is 1.25. The minimum Gasteiger partial charge on any atom is -0.436 e. The number of rotatable bonds is 4. The first kappa shape index (κ1) is 23.4. The van der Waals surface area contributed by atoms with Gasteiger partial charge in [0.2, 0.25) is 11.8 Å². The highest BCUT2D eigenvalue weighted by molar-refractivity contribution is 5.81. The third-order valence-electron chi connectivity index (χ3n) is 6.34. The molecule has 0 atom stereocenters. The maximum Gasteiger partial charge on any atom is 0.227 e. The van der Waals surface area contributed by atoms with Crippen molar-refractivity contribution in [2.45, 2.75) is 13.8 Å². The van der Waals surface area contributed by atoms with Crippen LogP contribution in [0.3, 0.4) is 0 Å². The maximum atomic E-state index is 5.99. The maximum absolute atomic E-state index is 5.99. The van der Waals surface area contributed by atoms with E-state index in [-0.39, 0.29) is 0 Å². The fraction of sp³-hybridized carbons (Fsp3) is 0.0588. The van der Waals surface area contributed by atoms with Crippen LogP contribution in [0.25, 0.3) is 67.4 Å². The van der Waals surface area contributed by atoms with E-state index in [9.17, 15) is 0 Å². The smallest absolute Gasteiger partial charge is 0.227 e. The number of hydrogen-bond donors (Lipinski definition) is 0. The Kier molecular flexibility index (Phi) is 6.29. The van der Waals surface area contributed by atoms with E-state index < -0.39 is 0 Å². The number of oxazole rings is 2. The second-order valence-corrected chi connectivity index (χ2v) is 8.72. The van der Waals surface area contributed by atoms with Gasteiger partial charge in [-0.2, -0.15) is 0 Å². The molecule has 0 aliphatic carbocycles. The highest BCUT2D eigenvalue weighted by atomic mass is 16.4. The summed E-state index contributed by atoms with van der Waals surface area (Å²) in [6, 6.07) is 40.8. The van der Waals surface area contributed by atoms with Gasteiger partial charge in [-0.25, -0.2) is 9.97 Å². The molecule has 7 aromatic rings. The third kappa shape index (κ3) is 4.48. The van der Waals surface area contributed by atoms with Gasteiger partial charge in [0.15, 0.2) is 11.2 Å². The number of para-hydroxylation sites is 4. The van der Waals surface area contributed by atoms with Crippen LogP contribution in [0.5, 0.6) is 0 Å². The first-order valence-electron chi connectivity index (χ1n) is 12.8. The number of benzene rings is 5. The van der Waals surface area contributed by atoms with Gasteiger partial charge in [-0.05, 0) is 76.9 Å². The zero-order valence-electron chi connectivity index (χ0n) is 21.3. The summed E-state index contributed by atoms with van der Waals surface area (Å²) in [5.41, 5.74) is 9.66. The molecule has 4 nitrogen and oxygen atoms in total. The fourth-order valence-corrected chi connectivity index (χ4v) is 4.53. The second-order valence-electron chi connectivity index (χ2n) is 8.72. The Morgan fingerprint density at radius 3 is 1.13 bits per heavy atom. The lowest BCUT2D eigenvalue weighted by Gasteiger charge is -2.08. The van der Waals surface area contributed by atoms with Crippen molar-refractivity contribution in [3.05, 3.63) is 121 Å². The van der Waals surface area contributed by atoms with Crippen LogP contribution in [0.15, 0.2) is 130 Å². The molecule has 0 saturated carbocycles. The summed E-state index contributed by atoms with van der Waals surface area (Å²) in [5, 5.41) is 0. The van der Waals surface area contributed by atoms with Crippen molar-refractivity contribution < 1.29 is 8.83 Å². The quantitative estimate of drug-likeness (QED) is 0.244. The van der Waals surface area contributed by atoms with Crippen LogP contribution in [0.2, 0.25) is 0 Å². The molecule has 38 heavy (non-hydrogen) atoms. The average Bonchev–Trinajstić information content (AvgIpc) is 3.63. The molecule has 184 valence electrons. The van der Waals surface area contributed by atoms with Crippen LogP contribution in [0, 0.1) is 0 Å². The molecule has 4 heteroatoms. The normalized spacial score (nSPS) is 10.9. The van der Waals surface area contributed by atoms with Crippen LogP contribution in [0.1, 0.15) is 13.8 Å². The summed E-state index contributed by atoms with van der Waals surface area (Å²) in [7, 11) is 0. The highest BCUT2D eigenvalue weighted by Crippen LogP contribution is 2.32. The van der Waals surface area contributed by atoms with Gasteiger partial charge in [0, 0.05) is 11.1 Å². The molecule has 0 N–H and O–H groups in total. The monoisotopic (exact) mass is 494 g/mol. The Morgan fingerprint density at radius 1 is 0.395 bits per heavy atom. The molecule has 0 radical (unpaired) electrons. The van der Waals surface area contributed by atoms with Crippen LogP contribution >= 0.6 is 0 Å². The van der Waals surface area contributed by atoms with E-state index in [2.05, 4.69) is 58.5 Å². The molecule has 2 heterocycles. The summed E-state index contributed by atoms with van der Waals surface area (Å²) in [4.78, 5) is 9.31. The Labute approximate surface area is 221 Å². The van der Waals surface area contributed by atoms with Gasteiger partial charge in [0.1, 0.15) is 11.0 Å². The van der Waals surface area contributed by atoms with Crippen molar-refractivity contribution in [1.29, 1.82) is 0 Å². The predicted octanol–water partition coefficient (Wildman–Crippen LogP) is 9.66. The lowest BCUT2D eigenvalue weighted by atomic mass is 9.97. The van der Waals surface area contributed by atoms with Gasteiger partial charge in [0.05, 0.1) is 0 Å². The van der Waals surface area contributed by atoms with E-state index in [1.807, 2.05) is 86.6 Å². The molecule has 0 aliphatic rings. The van der Waals surface area contributed by atoms with Crippen molar-refractivity contribution in [3.8, 4) is 45.2 Å². The van der Waals surface area contributed by atoms with Gasteiger partial charge in [-0.1, -0.05) is 80.6 Å². The summed E-state index contributed by atoms with van der Waals surface area (Å²) < 4.78 is 12.0. The van der Waals surface area contributed by atoms with E-state index in [1.165, 1.54) is 0 Å². The van der Waals surface area contributed by atoms with E-state index in [0.717, 1.165) is 55.6 Å². The summed E-state index contributed by atoms with van der Waals surface area (Å²) in [6.07, 6.45) is 0. The average molecular weight is 495 g/mol. The zero-order valence-corrected chi connectivity index (χ0v) is 21.3. The standard InChI is InChI=1S/C32H20N2O2.C2H6/c1-3-16-29-27(14-1)33-31(35-29)25-12-6-10-23(19-25)21-8-5-9-22(18-21)24-11-7-13-26(20-24)32-34-28-15-2-4-17-30(28)36-32;1-2/h1-20H;1-2H3. The van der Waals surface area contributed by atoms with Crippen LogP contribution < -0.4 is 0 Å². The van der Waals surface area contributed by atoms with Gasteiger partial charge in [-0.15, -0.1) is 0 Å². The van der Waals surface area contributed by atoms with Crippen LogP contribution in [0.4, 0.5) is 0 Å². The Bertz CT molecular complexity index is 1660. The first-order chi connectivity index (χ1) is 18.8. The topological polar surface area (TPSA) is 52.1 Å². The molecule has 0 fully saturated rings. The van der Waals surface area contributed by atoms with Crippen LogP contribution in [-0.4, -0.2) is 9.97 Å². The first-order valence-corrected chi connectivity index (χ1v) is 12.8.